The lowest BCUT2D eigenvalue weighted by atomic mass is 10.3. The Labute approximate surface area is 96.5 Å². The highest BCUT2D eigenvalue weighted by Crippen LogP contribution is 2.11. The molecule has 2 aromatic rings. The molecular weight excluding hydrogens is 222 g/mol. The molecule has 0 unspecified atom stereocenters. The number of hydrogen-bond donors (Lipinski definition) is 1. The Bertz CT molecular complexity index is 572. The van der Waals surface area contributed by atoms with Crippen LogP contribution < -0.4 is 0 Å². The van der Waals surface area contributed by atoms with Gasteiger partial charge < -0.3 is 5.11 Å². The number of aldehydes is 1. The molecular formula is C11H9N3O3. The number of aryl methyl sites for hydroxylation is 1. The van der Waals surface area contributed by atoms with Gasteiger partial charge >= 0.3 is 5.97 Å². The molecule has 1 N–H and O–H groups in total. The minimum absolute atomic E-state index is 0.0260. The molecule has 0 saturated heterocycles. The van der Waals surface area contributed by atoms with Gasteiger partial charge in [-0.05, 0) is 25.1 Å². The quantitative estimate of drug-likeness (QED) is 0.799. The molecule has 0 atom stereocenters. The second kappa shape index (κ2) is 4.17. The maximum absolute atomic E-state index is 10.8. The summed E-state index contributed by atoms with van der Waals surface area (Å²) in [5.41, 5.74) is 1.59. The van der Waals surface area contributed by atoms with Gasteiger partial charge in [-0.3, -0.25) is 9.78 Å². The third-order valence-corrected chi connectivity index (χ3v) is 2.24. The summed E-state index contributed by atoms with van der Waals surface area (Å²) in [4.78, 5) is 25.1. The number of aromatic carboxylic acids is 1. The standard InChI is InChI=1S/C11H9N3O3/c1-7-4-10(11(16)17)13-14(7)9-3-2-8(6-15)12-5-9/h2-6H,1H3,(H,16,17). The zero-order valence-corrected chi connectivity index (χ0v) is 8.99. The molecule has 2 rings (SSSR count). The first-order valence-corrected chi connectivity index (χ1v) is 4.83. The van der Waals surface area contributed by atoms with Crippen molar-refractivity contribution in [3.8, 4) is 5.69 Å². The monoisotopic (exact) mass is 231 g/mol. The molecule has 0 saturated carbocycles. The van der Waals surface area contributed by atoms with E-state index in [1.807, 2.05) is 0 Å². The third kappa shape index (κ3) is 2.05. The van der Waals surface area contributed by atoms with Crippen LogP contribution in [-0.2, 0) is 0 Å². The van der Waals surface area contributed by atoms with E-state index in [9.17, 15) is 9.59 Å². The van der Waals surface area contributed by atoms with E-state index in [0.717, 1.165) is 0 Å². The highest BCUT2D eigenvalue weighted by molar-refractivity contribution is 5.85. The smallest absolute Gasteiger partial charge is 0.356 e. The number of carboxylic acid groups (broad SMARTS) is 1. The van der Waals surface area contributed by atoms with Crippen LogP contribution in [0.2, 0.25) is 0 Å². The van der Waals surface area contributed by atoms with E-state index in [2.05, 4.69) is 10.1 Å². The fourth-order valence-electron chi connectivity index (χ4n) is 1.43. The van der Waals surface area contributed by atoms with Gasteiger partial charge in [0.05, 0.1) is 11.9 Å². The maximum atomic E-state index is 10.8. The van der Waals surface area contributed by atoms with Gasteiger partial charge in [0, 0.05) is 5.69 Å². The largest absolute Gasteiger partial charge is 0.476 e. The summed E-state index contributed by atoms with van der Waals surface area (Å²) < 4.78 is 1.46. The molecule has 6 heteroatoms. The highest BCUT2D eigenvalue weighted by Gasteiger charge is 2.11. The molecule has 0 spiro atoms. The van der Waals surface area contributed by atoms with Gasteiger partial charge in [0.25, 0.3) is 0 Å². The second-order valence-corrected chi connectivity index (χ2v) is 3.45. The number of pyridine rings is 1. The van der Waals surface area contributed by atoms with Gasteiger partial charge in [0.15, 0.2) is 12.0 Å². The normalized spacial score (nSPS) is 10.2. The minimum Gasteiger partial charge on any atom is -0.476 e. The summed E-state index contributed by atoms with van der Waals surface area (Å²) in [7, 11) is 0. The van der Waals surface area contributed by atoms with E-state index in [0.29, 0.717) is 23.4 Å². The van der Waals surface area contributed by atoms with Crippen LogP contribution in [0, 0.1) is 6.92 Å². The molecule has 0 aliphatic carbocycles. The van der Waals surface area contributed by atoms with Crippen molar-refractivity contribution in [3.05, 3.63) is 41.5 Å². The first-order chi connectivity index (χ1) is 8.11. The Morgan fingerprint density at radius 2 is 2.24 bits per heavy atom. The zero-order valence-electron chi connectivity index (χ0n) is 8.99. The van der Waals surface area contributed by atoms with Crippen molar-refractivity contribution < 1.29 is 14.7 Å². The Morgan fingerprint density at radius 3 is 2.71 bits per heavy atom. The van der Waals surface area contributed by atoms with Crippen molar-refractivity contribution in [2.75, 3.05) is 0 Å². The van der Waals surface area contributed by atoms with Crippen molar-refractivity contribution in [1.29, 1.82) is 0 Å². The molecule has 2 heterocycles. The summed E-state index contributed by atoms with van der Waals surface area (Å²) >= 11 is 0. The molecule has 17 heavy (non-hydrogen) atoms. The van der Waals surface area contributed by atoms with Crippen LogP contribution in [0.15, 0.2) is 24.4 Å². The van der Waals surface area contributed by atoms with E-state index in [-0.39, 0.29) is 5.69 Å². The van der Waals surface area contributed by atoms with Crippen molar-refractivity contribution in [3.63, 3.8) is 0 Å². The molecule has 0 bridgehead atoms. The predicted molar refractivity (Wildman–Crippen MR) is 58.4 cm³/mol. The Hall–Kier alpha value is -2.50. The van der Waals surface area contributed by atoms with Crippen LogP contribution in [0.4, 0.5) is 0 Å². The number of hydrogen-bond acceptors (Lipinski definition) is 4. The minimum atomic E-state index is -1.08. The first kappa shape index (κ1) is 11.0. The lowest BCUT2D eigenvalue weighted by Crippen LogP contribution is -2.03. The highest BCUT2D eigenvalue weighted by atomic mass is 16.4. The summed E-state index contributed by atoms with van der Waals surface area (Å²) in [6.45, 7) is 1.74. The van der Waals surface area contributed by atoms with Crippen LogP contribution in [-0.4, -0.2) is 32.1 Å². The van der Waals surface area contributed by atoms with Gasteiger partial charge in [-0.2, -0.15) is 5.10 Å². The number of carbonyl (C=O) groups excluding carboxylic acids is 1. The Kier molecular flexibility index (Phi) is 2.70. The van der Waals surface area contributed by atoms with Gasteiger partial charge in [-0.1, -0.05) is 0 Å². The molecule has 0 aliphatic heterocycles. The fraction of sp³-hybridized carbons (Fsp3) is 0.0909. The number of rotatable bonds is 3. The lowest BCUT2D eigenvalue weighted by Gasteiger charge is -2.02. The average Bonchev–Trinajstić information content (AvgIpc) is 2.72. The van der Waals surface area contributed by atoms with Crippen LogP contribution in [0.3, 0.4) is 0 Å². The van der Waals surface area contributed by atoms with Crippen LogP contribution in [0.1, 0.15) is 26.7 Å². The van der Waals surface area contributed by atoms with Gasteiger partial charge in [0.2, 0.25) is 0 Å². The average molecular weight is 231 g/mol. The molecule has 0 aromatic carbocycles. The van der Waals surface area contributed by atoms with E-state index >= 15 is 0 Å². The van der Waals surface area contributed by atoms with E-state index in [4.69, 9.17) is 5.11 Å². The summed E-state index contributed by atoms with van der Waals surface area (Å²) in [6, 6.07) is 4.67. The van der Waals surface area contributed by atoms with Crippen LogP contribution in [0.5, 0.6) is 0 Å². The first-order valence-electron chi connectivity index (χ1n) is 4.83. The number of carbonyl (C=O) groups is 2. The maximum Gasteiger partial charge on any atom is 0.356 e. The SMILES string of the molecule is Cc1cc(C(=O)O)nn1-c1ccc(C=O)nc1. The third-order valence-electron chi connectivity index (χ3n) is 2.24. The molecule has 6 nitrogen and oxygen atoms in total. The predicted octanol–water partition coefficient (Wildman–Crippen LogP) is 1.09. The van der Waals surface area contributed by atoms with Gasteiger partial charge in [-0.25, -0.2) is 9.48 Å². The molecule has 2 aromatic heterocycles. The van der Waals surface area contributed by atoms with Crippen molar-refractivity contribution in [1.82, 2.24) is 14.8 Å². The fourth-order valence-corrected chi connectivity index (χ4v) is 1.43. The molecule has 0 aliphatic rings. The topological polar surface area (TPSA) is 85.1 Å². The Morgan fingerprint density at radius 1 is 1.47 bits per heavy atom. The van der Waals surface area contributed by atoms with Crippen LogP contribution >= 0.6 is 0 Å². The van der Waals surface area contributed by atoms with Crippen molar-refractivity contribution >= 4 is 12.3 Å². The zero-order chi connectivity index (χ0) is 12.4. The number of nitrogens with zero attached hydrogens (tertiary/aromatic N) is 3. The summed E-state index contributed by atoms with van der Waals surface area (Å²) in [6.07, 6.45) is 2.11. The second-order valence-electron chi connectivity index (χ2n) is 3.45. The number of carboxylic acids is 1. The summed E-state index contributed by atoms with van der Waals surface area (Å²) in [5.74, 6) is -1.08. The van der Waals surface area contributed by atoms with E-state index in [1.165, 1.54) is 16.9 Å². The molecule has 86 valence electrons. The van der Waals surface area contributed by atoms with Crippen molar-refractivity contribution in [2.24, 2.45) is 0 Å². The Balaban J connectivity index is 2.44. The van der Waals surface area contributed by atoms with Crippen molar-refractivity contribution in [2.45, 2.75) is 6.92 Å². The van der Waals surface area contributed by atoms with Crippen LogP contribution in [0.25, 0.3) is 5.69 Å². The van der Waals surface area contributed by atoms with Gasteiger partial charge in [0.1, 0.15) is 5.69 Å². The summed E-state index contributed by atoms with van der Waals surface area (Å²) in [5, 5.41) is 12.7. The van der Waals surface area contributed by atoms with Gasteiger partial charge in [-0.15, -0.1) is 0 Å². The molecule has 0 fully saturated rings. The number of aromatic nitrogens is 3. The molecule has 0 radical (unpaired) electrons. The molecule has 0 amide bonds. The van der Waals surface area contributed by atoms with E-state index in [1.54, 1.807) is 19.1 Å². The lowest BCUT2D eigenvalue weighted by molar-refractivity contribution is 0.0690. The van der Waals surface area contributed by atoms with E-state index < -0.39 is 5.97 Å².